The Morgan fingerprint density at radius 3 is 2.33 bits per heavy atom. The number of carbonyl (C=O) groups is 1. The highest BCUT2D eigenvalue weighted by Crippen LogP contribution is 2.42. The molecule has 3 fully saturated rings. The van der Waals surface area contributed by atoms with E-state index in [0.717, 1.165) is 75.2 Å². The third-order valence-corrected chi connectivity index (χ3v) is 8.62. The molecule has 1 aliphatic heterocycles. The number of carbonyl (C=O) groups excluding carboxylic acids is 1. The molecule has 0 unspecified atom stereocenters. The molecule has 1 aromatic heterocycles. The second kappa shape index (κ2) is 9.96. The van der Waals surface area contributed by atoms with Crippen molar-refractivity contribution in [2.24, 2.45) is 11.8 Å². The van der Waals surface area contributed by atoms with Crippen LogP contribution in [0, 0.1) is 11.8 Å². The molecule has 0 N–H and O–H groups in total. The molecule has 3 aliphatic rings. The van der Waals surface area contributed by atoms with Crippen LogP contribution in [-0.2, 0) is 9.53 Å². The van der Waals surface area contributed by atoms with Crippen molar-refractivity contribution in [3.63, 3.8) is 0 Å². The van der Waals surface area contributed by atoms with E-state index in [1.807, 2.05) is 7.11 Å². The minimum absolute atomic E-state index is 0.0713. The van der Waals surface area contributed by atoms with Crippen LogP contribution in [0.3, 0.4) is 0 Å². The summed E-state index contributed by atoms with van der Waals surface area (Å²) in [6, 6.07) is 8.54. The molecule has 6 nitrogen and oxygen atoms in total. The summed E-state index contributed by atoms with van der Waals surface area (Å²) in [5.41, 5.74) is 2.28. The zero-order valence-electron chi connectivity index (χ0n) is 19.9. The molecule has 5 rings (SSSR count). The number of benzene rings is 1. The summed E-state index contributed by atoms with van der Waals surface area (Å²) in [6.07, 6.45) is 13.8. The minimum atomic E-state index is 0.0713. The average Bonchev–Trinajstić information content (AvgIpc) is 3.40. The van der Waals surface area contributed by atoms with Gasteiger partial charge in [-0.15, -0.1) is 0 Å². The zero-order valence-corrected chi connectivity index (χ0v) is 19.9. The maximum Gasteiger partial charge on any atom is 0.257 e. The Morgan fingerprint density at radius 1 is 1.00 bits per heavy atom. The minimum Gasteiger partial charge on any atom is -0.378 e. The van der Waals surface area contributed by atoms with Crippen LogP contribution in [0.2, 0.25) is 0 Å². The Bertz CT molecular complexity index is 903. The standard InChI is InChI=1S/C27H37N3O3/c1-32-27(23-5-3-2-4-6-23)15-17-30(18-16-27)24-13-11-22(12-14-24)26-28-25(29-33-26)21-9-7-20(19-31)8-10-21/h11-14,19-21,23H,2-10,15-18H2,1H3. The molecule has 0 spiro atoms. The first kappa shape index (κ1) is 22.6. The molecule has 0 amide bonds. The summed E-state index contributed by atoms with van der Waals surface area (Å²) in [5, 5.41) is 4.25. The number of aromatic nitrogens is 2. The number of hydrogen-bond acceptors (Lipinski definition) is 6. The van der Waals surface area contributed by atoms with Crippen LogP contribution >= 0.6 is 0 Å². The Morgan fingerprint density at radius 2 is 1.70 bits per heavy atom. The van der Waals surface area contributed by atoms with Gasteiger partial charge < -0.3 is 19.0 Å². The number of aldehydes is 1. The molecule has 6 heteroatoms. The highest BCUT2D eigenvalue weighted by molar-refractivity contribution is 5.59. The normalized spacial score (nSPS) is 26.3. The fourth-order valence-corrected chi connectivity index (χ4v) is 6.40. The number of methoxy groups -OCH3 is 1. The van der Waals surface area contributed by atoms with Gasteiger partial charge in [-0.05, 0) is 81.5 Å². The molecule has 2 aliphatic carbocycles. The lowest BCUT2D eigenvalue weighted by Crippen LogP contribution is -2.50. The summed E-state index contributed by atoms with van der Waals surface area (Å²) < 4.78 is 11.8. The molecular weight excluding hydrogens is 414 g/mol. The van der Waals surface area contributed by atoms with Gasteiger partial charge in [0.15, 0.2) is 5.82 Å². The van der Waals surface area contributed by atoms with Gasteiger partial charge in [-0.3, -0.25) is 0 Å². The van der Waals surface area contributed by atoms with Gasteiger partial charge in [-0.25, -0.2) is 0 Å². The first-order chi connectivity index (χ1) is 16.2. The Labute approximate surface area is 197 Å². The van der Waals surface area contributed by atoms with E-state index >= 15 is 0 Å². The van der Waals surface area contributed by atoms with Crippen LogP contribution < -0.4 is 4.90 Å². The van der Waals surface area contributed by atoms with Gasteiger partial charge in [0.2, 0.25) is 0 Å². The molecule has 2 aromatic rings. The topological polar surface area (TPSA) is 68.5 Å². The van der Waals surface area contributed by atoms with Crippen LogP contribution in [0.4, 0.5) is 5.69 Å². The Kier molecular flexibility index (Phi) is 6.81. The number of rotatable bonds is 6. The van der Waals surface area contributed by atoms with Crippen LogP contribution in [0.1, 0.15) is 82.4 Å². The first-order valence-corrected chi connectivity index (χ1v) is 12.9. The van der Waals surface area contributed by atoms with E-state index in [0.29, 0.717) is 11.8 Å². The first-order valence-electron chi connectivity index (χ1n) is 12.9. The second-order valence-corrected chi connectivity index (χ2v) is 10.3. The lowest BCUT2D eigenvalue weighted by molar-refractivity contribution is -0.111. The molecule has 33 heavy (non-hydrogen) atoms. The smallest absolute Gasteiger partial charge is 0.257 e. The quantitative estimate of drug-likeness (QED) is 0.519. The summed E-state index contributed by atoms with van der Waals surface area (Å²) in [4.78, 5) is 18.2. The number of anilines is 1. The van der Waals surface area contributed by atoms with Crippen molar-refractivity contribution in [2.75, 3.05) is 25.1 Å². The molecular formula is C27H37N3O3. The third kappa shape index (κ3) is 4.72. The molecule has 1 saturated heterocycles. The van der Waals surface area contributed by atoms with Crippen molar-refractivity contribution in [3.8, 4) is 11.5 Å². The highest BCUT2D eigenvalue weighted by atomic mass is 16.5. The van der Waals surface area contributed by atoms with Crippen LogP contribution in [0.15, 0.2) is 28.8 Å². The molecule has 0 radical (unpaired) electrons. The Hall–Kier alpha value is -2.21. The van der Waals surface area contributed by atoms with Gasteiger partial charge in [-0.2, -0.15) is 4.98 Å². The van der Waals surface area contributed by atoms with E-state index in [4.69, 9.17) is 9.26 Å². The molecule has 2 heterocycles. The third-order valence-electron chi connectivity index (χ3n) is 8.62. The average molecular weight is 452 g/mol. The molecule has 2 saturated carbocycles. The van der Waals surface area contributed by atoms with Crippen molar-refractivity contribution in [2.45, 2.75) is 82.1 Å². The summed E-state index contributed by atoms with van der Waals surface area (Å²) in [5.74, 6) is 2.60. The van der Waals surface area contributed by atoms with Gasteiger partial charge in [0.05, 0.1) is 5.60 Å². The number of hydrogen-bond donors (Lipinski definition) is 0. The maximum absolute atomic E-state index is 11.0. The zero-order chi connectivity index (χ0) is 22.7. The van der Waals surface area contributed by atoms with Crippen molar-refractivity contribution in [1.29, 1.82) is 0 Å². The fourth-order valence-electron chi connectivity index (χ4n) is 6.40. The summed E-state index contributed by atoms with van der Waals surface area (Å²) in [7, 11) is 1.92. The molecule has 0 bridgehead atoms. The second-order valence-electron chi connectivity index (χ2n) is 10.3. The highest BCUT2D eigenvalue weighted by Gasteiger charge is 2.42. The fraction of sp³-hybridized carbons (Fsp3) is 0.667. The van der Waals surface area contributed by atoms with Crippen molar-refractivity contribution < 1.29 is 14.1 Å². The van der Waals surface area contributed by atoms with Gasteiger partial charge in [-0.1, -0.05) is 24.4 Å². The van der Waals surface area contributed by atoms with E-state index < -0.39 is 0 Å². The van der Waals surface area contributed by atoms with Crippen LogP contribution in [0.25, 0.3) is 11.5 Å². The maximum atomic E-state index is 11.0. The number of ether oxygens (including phenoxy) is 1. The SMILES string of the molecule is COC1(C2CCCCC2)CCN(c2ccc(-c3nc(C4CCC(C=O)CC4)no3)cc2)CC1. The van der Waals surface area contributed by atoms with Gasteiger partial charge in [0.25, 0.3) is 5.89 Å². The van der Waals surface area contributed by atoms with E-state index in [9.17, 15) is 4.79 Å². The van der Waals surface area contributed by atoms with E-state index in [1.165, 1.54) is 37.8 Å². The lowest BCUT2D eigenvalue weighted by atomic mass is 9.72. The summed E-state index contributed by atoms with van der Waals surface area (Å²) in [6.45, 7) is 2.08. The van der Waals surface area contributed by atoms with Crippen molar-refractivity contribution in [3.05, 3.63) is 30.1 Å². The van der Waals surface area contributed by atoms with Gasteiger partial charge >= 0.3 is 0 Å². The predicted molar refractivity (Wildman–Crippen MR) is 128 cm³/mol. The van der Waals surface area contributed by atoms with E-state index in [1.54, 1.807) is 0 Å². The Balaban J connectivity index is 1.20. The van der Waals surface area contributed by atoms with Crippen LogP contribution in [-0.4, -0.2) is 42.2 Å². The van der Waals surface area contributed by atoms with Gasteiger partial charge in [0.1, 0.15) is 6.29 Å². The molecule has 178 valence electrons. The number of piperidine rings is 1. The summed E-state index contributed by atoms with van der Waals surface area (Å²) >= 11 is 0. The molecule has 1 aromatic carbocycles. The largest absolute Gasteiger partial charge is 0.378 e. The lowest BCUT2D eigenvalue weighted by Gasteiger charge is -2.47. The van der Waals surface area contributed by atoms with Crippen LogP contribution in [0.5, 0.6) is 0 Å². The van der Waals surface area contributed by atoms with E-state index in [2.05, 4.69) is 39.3 Å². The number of nitrogens with zero attached hydrogens (tertiary/aromatic N) is 3. The molecule has 0 atom stereocenters. The monoisotopic (exact) mass is 451 g/mol. The van der Waals surface area contributed by atoms with Crippen molar-refractivity contribution >= 4 is 12.0 Å². The van der Waals surface area contributed by atoms with Crippen molar-refractivity contribution in [1.82, 2.24) is 10.1 Å². The van der Waals surface area contributed by atoms with E-state index in [-0.39, 0.29) is 11.5 Å². The predicted octanol–water partition coefficient (Wildman–Crippen LogP) is 5.78. The van der Waals surface area contributed by atoms with Gasteiger partial charge in [0, 0.05) is 43.3 Å².